The highest BCUT2D eigenvalue weighted by atomic mass is 16.5. The molecule has 4 aromatic rings. The van der Waals surface area contributed by atoms with E-state index in [1.807, 2.05) is 18.2 Å². The molecular formula is C18H19N5O3. The lowest BCUT2D eigenvalue weighted by atomic mass is 10.3. The maximum atomic E-state index is 9.37. The van der Waals surface area contributed by atoms with E-state index in [2.05, 4.69) is 20.4 Å². The Balaban J connectivity index is 1.72. The monoisotopic (exact) mass is 353 g/mol. The number of methoxy groups -OCH3 is 1. The maximum Gasteiger partial charge on any atom is 0.224 e. The first-order valence-corrected chi connectivity index (χ1v) is 8.35. The summed E-state index contributed by atoms with van der Waals surface area (Å²) in [4.78, 5) is 8.58. The van der Waals surface area contributed by atoms with Crippen molar-refractivity contribution in [3.05, 3.63) is 36.7 Å². The van der Waals surface area contributed by atoms with Crippen molar-refractivity contribution in [3.8, 4) is 17.3 Å². The van der Waals surface area contributed by atoms with E-state index in [-0.39, 0.29) is 6.10 Å². The van der Waals surface area contributed by atoms with Crippen LogP contribution in [0.25, 0.3) is 28.1 Å². The number of pyridine rings is 1. The molecule has 0 aliphatic rings. The van der Waals surface area contributed by atoms with Gasteiger partial charge in [0.05, 0.1) is 24.8 Å². The third-order valence-corrected chi connectivity index (χ3v) is 4.09. The molecule has 1 unspecified atom stereocenters. The zero-order chi connectivity index (χ0) is 18.1. The maximum absolute atomic E-state index is 9.37. The highest BCUT2D eigenvalue weighted by molar-refractivity contribution is 5.86. The van der Waals surface area contributed by atoms with Crippen LogP contribution in [-0.4, -0.2) is 44.4 Å². The van der Waals surface area contributed by atoms with Gasteiger partial charge in [0.2, 0.25) is 5.88 Å². The van der Waals surface area contributed by atoms with Crippen LogP contribution in [0.2, 0.25) is 0 Å². The van der Waals surface area contributed by atoms with Crippen LogP contribution in [0.5, 0.6) is 5.88 Å². The number of rotatable bonds is 6. The summed E-state index contributed by atoms with van der Waals surface area (Å²) < 4.78 is 13.0. The number of furan rings is 1. The molecule has 8 nitrogen and oxygen atoms in total. The number of aliphatic hydroxyl groups is 1. The third-order valence-electron chi connectivity index (χ3n) is 4.09. The van der Waals surface area contributed by atoms with Gasteiger partial charge < -0.3 is 19.6 Å². The quantitative estimate of drug-likeness (QED) is 0.550. The molecule has 0 bridgehead atoms. The van der Waals surface area contributed by atoms with Crippen molar-refractivity contribution >= 4 is 22.4 Å². The van der Waals surface area contributed by atoms with Crippen molar-refractivity contribution in [2.45, 2.75) is 19.4 Å². The molecule has 4 rings (SSSR count). The van der Waals surface area contributed by atoms with Crippen LogP contribution >= 0.6 is 0 Å². The Bertz CT molecular complexity index is 1050. The lowest BCUT2D eigenvalue weighted by Gasteiger charge is -2.07. The predicted octanol–water partition coefficient (Wildman–Crippen LogP) is 2.73. The molecule has 0 spiro atoms. The summed E-state index contributed by atoms with van der Waals surface area (Å²) in [6.07, 6.45) is 3.66. The zero-order valence-corrected chi connectivity index (χ0v) is 14.5. The minimum absolute atomic E-state index is 0.353. The van der Waals surface area contributed by atoms with Crippen molar-refractivity contribution in [3.63, 3.8) is 0 Å². The first-order valence-electron chi connectivity index (χ1n) is 8.35. The second-order valence-electron chi connectivity index (χ2n) is 6.04. The first-order chi connectivity index (χ1) is 12.7. The summed E-state index contributed by atoms with van der Waals surface area (Å²) >= 11 is 0. The van der Waals surface area contributed by atoms with Gasteiger partial charge in [-0.15, -0.1) is 5.10 Å². The largest absolute Gasteiger partial charge is 0.480 e. The van der Waals surface area contributed by atoms with Crippen molar-refractivity contribution in [1.29, 1.82) is 0 Å². The van der Waals surface area contributed by atoms with E-state index in [0.29, 0.717) is 41.7 Å². The van der Waals surface area contributed by atoms with Gasteiger partial charge in [0.1, 0.15) is 17.1 Å². The van der Waals surface area contributed by atoms with E-state index in [0.717, 1.165) is 11.1 Å². The second kappa shape index (κ2) is 6.64. The molecule has 26 heavy (non-hydrogen) atoms. The SMILES string of the molecule is COc1nccc2oc(-c3cnc4ccc(NCCC(C)O)nn34)cc12. The van der Waals surface area contributed by atoms with E-state index in [9.17, 15) is 5.11 Å². The van der Waals surface area contributed by atoms with Crippen LogP contribution in [0.1, 0.15) is 13.3 Å². The van der Waals surface area contributed by atoms with Gasteiger partial charge in [-0.2, -0.15) is 0 Å². The van der Waals surface area contributed by atoms with Crippen molar-refractivity contribution in [1.82, 2.24) is 19.6 Å². The highest BCUT2D eigenvalue weighted by Crippen LogP contribution is 2.32. The number of aliphatic hydroxyl groups excluding tert-OH is 1. The number of imidazole rings is 1. The molecule has 4 aromatic heterocycles. The van der Waals surface area contributed by atoms with Crippen LogP contribution < -0.4 is 10.1 Å². The molecule has 0 saturated heterocycles. The Kier molecular flexibility index (Phi) is 4.18. The first kappa shape index (κ1) is 16.3. The molecule has 2 N–H and O–H groups in total. The van der Waals surface area contributed by atoms with Gasteiger partial charge >= 0.3 is 0 Å². The van der Waals surface area contributed by atoms with Crippen molar-refractivity contribution < 1.29 is 14.3 Å². The molecule has 0 aliphatic carbocycles. The molecule has 134 valence electrons. The number of ether oxygens (including phenoxy) is 1. The van der Waals surface area contributed by atoms with Crippen LogP contribution in [0.4, 0.5) is 5.82 Å². The van der Waals surface area contributed by atoms with E-state index >= 15 is 0 Å². The summed E-state index contributed by atoms with van der Waals surface area (Å²) in [5.74, 6) is 1.85. The summed E-state index contributed by atoms with van der Waals surface area (Å²) in [6, 6.07) is 7.41. The zero-order valence-electron chi connectivity index (χ0n) is 14.5. The van der Waals surface area contributed by atoms with Crippen molar-refractivity contribution in [2.24, 2.45) is 0 Å². The molecular weight excluding hydrogens is 334 g/mol. The second-order valence-corrected chi connectivity index (χ2v) is 6.04. The average Bonchev–Trinajstić information content (AvgIpc) is 3.24. The van der Waals surface area contributed by atoms with E-state index < -0.39 is 0 Å². The van der Waals surface area contributed by atoms with Gasteiger partial charge in [0.25, 0.3) is 0 Å². The van der Waals surface area contributed by atoms with Crippen LogP contribution in [0.15, 0.2) is 41.1 Å². The molecule has 1 atom stereocenters. The predicted molar refractivity (Wildman–Crippen MR) is 97.3 cm³/mol. The molecule has 0 fully saturated rings. The van der Waals surface area contributed by atoms with Gasteiger partial charge in [-0.1, -0.05) is 0 Å². The summed E-state index contributed by atoms with van der Waals surface area (Å²) in [7, 11) is 1.58. The number of nitrogens with one attached hydrogen (secondary N) is 1. The number of anilines is 1. The summed E-state index contributed by atoms with van der Waals surface area (Å²) in [5.41, 5.74) is 2.14. The Hall–Kier alpha value is -3.13. The molecule has 4 heterocycles. The number of hydrogen-bond acceptors (Lipinski definition) is 7. The Morgan fingerprint density at radius 1 is 1.31 bits per heavy atom. The van der Waals surface area contributed by atoms with Crippen LogP contribution in [0.3, 0.4) is 0 Å². The normalized spacial score (nSPS) is 12.6. The molecule has 0 aliphatic heterocycles. The molecule has 0 amide bonds. The smallest absolute Gasteiger partial charge is 0.224 e. The fraction of sp³-hybridized carbons (Fsp3) is 0.278. The van der Waals surface area contributed by atoms with Crippen LogP contribution in [0, 0.1) is 0 Å². The van der Waals surface area contributed by atoms with Crippen LogP contribution in [-0.2, 0) is 0 Å². The van der Waals surface area contributed by atoms with Gasteiger partial charge in [-0.05, 0) is 31.5 Å². The van der Waals surface area contributed by atoms with Gasteiger partial charge in [-0.25, -0.2) is 14.5 Å². The Morgan fingerprint density at radius 2 is 2.19 bits per heavy atom. The Morgan fingerprint density at radius 3 is 3.00 bits per heavy atom. The van der Waals surface area contributed by atoms with E-state index in [1.165, 1.54) is 0 Å². The van der Waals surface area contributed by atoms with Gasteiger partial charge in [0.15, 0.2) is 11.4 Å². The topological polar surface area (TPSA) is 97.7 Å². The minimum atomic E-state index is -0.353. The minimum Gasteiger partial charge on any atom is -0.480 e. The number of nitrogens with zero attached hydrogens (tertiary/aromatic N) is 4. The molecule has 8 heteroatoms. The van der Waals surface area contributed by atoms with Gasteiger partial charge in [0, 0.05) is 18.8 Å². The lowest BCUT2D eigenvalue weighted by molar-refractivity contribution is 0.188. The number of fused-ring (bicyclic) bond motifs is 2. The lowest BCUT2D eigenvalue weighted by Crippen LogP contribution is -2.11. The molecule has 0 aromatic carbocycles. The van der Waals surface area contributed by atoms with Gasteiger partial charge in [-0.3, -0.25) is 0 Å². The Labute approximate surface area is 149 Å². The summed E-state index contributed by atoms with van der Waals surface area (Å²) in [6.45, 7) is 2.39. The van der Waals surface area contributed by atoms with E-state index in [1.54, 1.807) is 37.0 Å². The number of aromatic nitrogens is 4. The molecule has 0 radical (unpaired) electrons. The average molecular weight is 353 g/mol. The fourth-order valence-corrected chi connectivity index (χ4v) is 2.77. The standard InChI is InChI=1S/C18H19N5O3/c1-11(24)5-7-19-16-3-4-17-21-10-13(23(17)22-16)15-9-12-14(26-15)6-8-20-18(12)25-2/h3-4,6,8-11,24H,5,7H2,1-2H3,(H,19,22). The van der Waals surface area contributed by atoms with E-state index in [4.69, 9.17) is 9.15 Å². The van der Waals surface area contributed by atoms with Crippen molar-refractivity contribution in [2.75, 3.05) is 19.0 Å². The summed E-state index contributed by atoms with van der Waals surface area (Å²) in [5, 5.41) is 17.9. The number of hydrogen-bond donors (Lipinski definition) is 2. The third kappa shape index (κ3) is 2.95. The highest BCUT2D eigenvalue weighted by Gasteiger charge is 2.15. The fourth-order valence-electron chi connectivity index (χ4n) is 2.77. The molecule has 0 saturated carbocycles.